The summed E-state index contributed by atoms with van der Waals surface area (Å²) in [6.45, 7) is 2.30. The monoisotopic (exact) mass is 470 g/mol. The lowest BCUT2D eigenvalue weighted by molar-refractivity contribution is 0.536. The second-order valence-corrected chi connectivity index (χ2v) is 12.1. The first-order chi connectivity index (χ1) is 15.4. The molecular weight excluding hydrogens is 433 g/mol. The third kappa shape index (κ3) is 6.12. The molecule has 0 radical (unpaired) electrons. The van der Waals surface area contributed by atoms with Crippen LogP contribution in [0.3, 0.4) is 0 Å². The van der Waals surface area contributed by atoms with Crippen molar-refractivity contribution < 1.29 is 0 Å². The van der Waals surface area contributed by atoms with Crippen molar-refractivity contribution >= 4 is 64.3 Å². The first-order valence-corrected chi connectivity index (χ1v) is 15.2. The third-order valence-corrected chi connectivity index (χ3v) is 9.85. The van der Waals surface area contributed by atoms with E-state index in [-0.39, 0.29) is 0 Å². The number of hydrogen-bond donors (Lipinski definition) is 0. The van der Waals surface area contributed by atoms with Gasteiger partial charge in [-0.25, -0.2) is 0 Å². The van der Waals surface area contributed by atoms with Crippen molar-refractivity contribution in [3.05, 3.63) is 33.8 Å². The fourth-order valence-corrected chi connectivity index (χ4v) is 8.13. The minimum atomic E-state index is 1.26. The van der Waals surface area contributed by atoms with Crippen LogP contribution in [0.5, 0.6) is 0 Å². The van der Waals surface area contributed by atoms with Crippen LogP contribution in [0.2, 0.25) is 0 Å². The van der Waals surface area contributed by atoms with Gasteiger partial charge in [-0.2, -0.15) is 0 Å². The number of thiophene rings is 3. The van der Waals surface area contributed by atoms with E-state index in [0.717, 1.165) is 0 Å². The molecule has 3 heteroatoms. The molecule has 3 aromatic heterocycles. The number of rotatable bonds is 15. The number of unbranched alkanes of at least 4 members (excludes halogenated alkanes) is 13. The summed E-state index contributed by atoms with van der Waals surface area (Å²) in [5, 5.41) is 8.96. The fraction of sp³-hybridized carbons (Fsp3) is 0.571. The molecule has 0 aliphatic carbocycles. The van der Waals surface area contributed by atoms with Gasteiger partial charge in [-0.3, -0.25) is 0 Å². The normalized spacial score (nSPS) is 12.0. The summed E-state index contributed by atoms with van der Waals surface area (Å²) in [6.07, 6.45) is 21.3. The zero-order valence-corrected chi connectivity index (χ0v) is 21.7. The summed E-state index contributed by atoms with van der Waals surface area (Å²) in [5.41, 5.74) is 0. The summed E-state index contributed by atoms with van der Waals surface area (Å²) in [4.78, 5) is 1.58. The van der Waals surface area contributed by atoms with Crippen LogP contribution in [-0.2, 0) is 6.42 Å². The van der Waals surface area contributed by atoms with Gasteiger partial charge in [0.15, 0.2) is 0 Å². The molecule has 0 nitrogen and oxygen atoms in total. The lowest BCUT2D eigenvalue weighted by atomic mass is 10.0. The zero-order chi connectivity index (χ0) is 21.3. The van der Waals surface area contributed by atoms with E-state index >= 15 is 0 Å². The molecule has 0 bridgehead atoms. The van der Waals surface area contributed by atoms with E-state index in [9.17, 15) is 0 Å². The van der Waals surface area contributed by atoms with Gasteiger partial charge in [-0.1, -0.05) is 90.4 Å². The topological polar surface area (TPSA) is 0 Å². The maximum absolute atomic E-state index is 2.49. The Morgan fingerprint density at radius 2 is 1.06 bits per heavy atom. The van der Waals surface area contributed by atoms with Crippen molar-refractivity contribution in [1.29, 1.82) is 0 Å². The Bertz CT molecular complexity index is 981. The van der Waals surface area contributed by atoms with Crippen molar-refractivity contribution in [1.82, 2.24) is 0 Å². The first-order valence-electron chi connectivity index (χ1n) is 12.7. The number of benzene rings is 1. The maximum atomic E-state index is 2.49. The van der Waals surface area contributed by atoms with Crippen molar-refractivity contribution in [2.45, 2.75) is 103 Å². The van der Waals surface area contributed by atoms with Crippen molar-refractivity contribution in [2.75, 3.05) is 0 Å². The van der Waals surface area contributed by atoms with E-state index in [1.165, 1.54) is 127 Å². The summed E-state index contributed by atoms with van der Waals surface area (Å²) >= 11 is 5.85. The van der Waals surface area contributed by atoms with Gasteiger partial charge in [0.1, 0.15) is 0 Å². The van der Waals surface area contributed by atoms with Crippen LogP contribution in [0.1, 0.15) is 102 Å². The van der Waals surface area contributed by atoms with Gasteiger partial charge in [-0.15, -0.1) is 34.0 Å². The van der Waals surface area contributed by atoms with Gasteiger partial charge in [0.05, 0.1) is 9.40 Å². The van der Waals surface area contributed by atoms with E-state index in [2.05, 4.69) is 35.9 Å². The molecule has 1 aromatic carbocycles. The number of aryl methyl sites for hydroxylation is 1. The predicted molar refractivity (Wildman–Crippen MR) is 147 cm³/mol. The molecule has 4 aromatic rings. The van der Waals surface area contributed by atoms with E-state index in [0.29, 0.717) is 0 Å². The molecule has 168 valence electrons. The predicted octanol–water partition coefficient (Wildman–Crippen LogP) is 11.4. The van der Waals surface area contributed by atoms with Gasteiger partial charge >= 0.3 is 0 Å². The van der Waals surface area contributed by atoms with Crippen LogP contribution in [0, 0.1) is 0 Å². The lowest BCUT2D eigenvalue weighted by Crippen LogP contribution is -1.84. The standard InChI is InChI=1S/C28H38S3/c1-2-3-4-5-6-7-8-9-10-11-12-13-14-15-16-22-21-25-23-17-19-29-27(23)28-24(18-20-30-28)26(25)31-22/h17-21H,2-16H2,1H3. The van der Waals surface area contributed by atoms with Crippen LogP contribution in [-0.4, -0.2) is 0 Å². The molecule has 31 heavy (non-hydrogen) atoms. The molecule has 0 atom stereocenters. The van der Waals surface area contributed by atoms with Gasteiger partial charge < -0.3 is 0 Å². The van der Waals surface area contributed by atoms with Crippen LogP contribution in [0.15, 0.2) is 29.0 Å². The highest BCUT2D eigenvalue weighted by Gasteiger charge is 2.13. The van der Waals surface area contributed by atoms with Crippen LogP contribution in [0.4, 0.5) is 0 Å². The summed E-state index contributed by atoms with van der Waals surface area (Å²) in [6, 6.07) is 7.15. The second-order valence-electron chi connectivity index (χ2n) is 9.13. The van der Waals surface area contributed by atoms with E-state index in [1.54, 1.807) is 4.88 Å². The maximum Gasteiger partial charge on any atom is 0.0535 e. The molecule has 4 rings (SSSR count). The van der Waals surface area contributed by atoms with E-state index < -0.39 is 0 Å². The highest BCUT2D eigenvalue weighted by molar-refractivity contribution is 7.27. The SMILES string of the molecule is CCCCCCCCCCCCCCCCc1cc2c3ccsc3c3sccc3c2s1. The van der Waals surface area contributed by atoms with Gasteiger partial charge in [-0.05, 0) is 41.8 Å². The minimum absolute atomic E-state index is 1.26. The summed E-state index contributed by atoms with van der Waals surface area (Å²) in [7, 11) is 0. The second kappa shape index (κ2) is 12.4. The average Bonchev–Trinajstić information content (AvgIpc) is 3.51. The molecule has 0 saturated heterocycles. The van der Waals surface area contributed by atoms with Crippen LogP contribution < -0.4 is 0 Å². The van der Waals surface area contributed by atoms with Gasteiger partial charge in [0.25, 0.3) is 0 Å². The minimum Gasteiger partial charge on any atom is -0.142 e. The highest BCUT2D eigenvalue weighted by atomic mass is 32.1. The molecule has 0 spiro atoms. The summed E-state index contributed by atoms with van der Waals surface area (Å²) in [5.74, 6) is 0. The van der Waals surface area contributed by atoms with Crippen LogP contribution in [0.25, 0.3) is 30.3 Å². The molecule has 0 amide bonds. The Morgan fingerprint density at radius 1 is 0.548 bits per heavy atom. The van der Waals surface area contributed by atoms with Crippen LogP contribution >= 0.6 is 34.0 Å². The molecule has 0 aliphatic rings. The highest BCUT2D eigenvalue weighted by Crippen LogP contribution is 2.44. The van der Waals surface area contributed by atoms with E-state index in [4.69, 9.17) is 0 Å². The molecular formula is C28H38S3. The Kier molecular flexibility index (Phi) is 9.28. The molecule has 0 saturated carbocycles. The summed E-state index contributed by atoms with van der Waals surface area (Å²) < 4.78 is 4.49. The molecule has 0 unspecified atom stereocenters. The Labute approximate surface area is 200 Å². The third-order valence-electron chi connectivity index (χ3n) is 6.63. The van der Waals surface area contributed by atoms with Crippen molar-refractivity contribution in [2.24, 2.45) is 0 Å². The molecule has 0 N–H and O–H groups in total. The molecule has 0 fully saturated rings. The van der Waals surface area contributed by atoms with Crippen molar-refractivity contribution in [3.8, 4) is 0 Å². The number of hydrogen-bond acceptors (Lipinski definition) is 3. The largest absolute Gasteiger partial charge is 0.142 e. The average molecular weight is 471 g/mol. The Hall–Kier alpha value is -0.900. The Morgan fingerprint density at radius 3 is 1.68 bits per heavy atom. The van der Waals surface area contributed by atoms with Gasteiger partial charge in [0.2, 0.25) is 0 Å². The first kappa shape index (κ1) is 23.3. The Balaban J connectivity index is 1.12. The molecule has 3 heterocycles. The lowest BCUT2D eigenvalue weighted by Gasteiger charge is -2.03. The quantitative estimate of drug-likeness (QED) is 0.151. The smallest absolute Gasteiger partial charge is 0.0535 e. The van der Waals surface area contributed by atoms with E-state index in [1.807, 2.05) is 34.0 Å². The molecule has 0 aliphatic heterocycles. The fourth-order valence-electron chi connectivity index (χ4n) is 4.82. The van der Waals surface area contributed by atoms with Gasteiger partial charge in [0, 0.05) is 25.7 Å². The van der Waals surface area contributed by atoms with Crippen molar-refractivity contribution in [3.63, 3.8) is 0 Å². The number of fused-ring (bicyclic) bond motifs is 6. The zero-order valence-electron chi connectivity index (χ0n) is 19.2.